The van der Waals surface area contributed by atoms with Crippen molar-refractivity contribution in [2.24, 2.45) is 5.73 Å². The van der Waals surface area contributed by atoms with Crippen LogP contribution >= 0.6 is 0 Å². The minimum absolute atomic E-state index is 0.180. The maximum Gasteiger partial charge on any atom is 0.132 e. The Hall–Kier alpha value is -0.970. The van der Waals surface area contributed by atoms with Gasteiger partial charge in [0.1, 0.15) is 5.82 Å². The summed E-state index contributed by atoms with van der Waals surface area (Å²) in [4.78, 5) is 2.21. The van der Waals surface area contributed by atoms with E-state index in [0.29, 0.717) is 17.7 Å². The molecule has 1 fully saturated rings. The molecule has 3 nitrogen and oxygen atoms in total. The molecule has 0 aliphatic carbocycles. The summed E-state index contributed by atoms with van der Waals surface area (Å²) in [5.41, 5.74) is 6.22. The Balaban J connectivity index is 2.05. The monoisotopic (exact) mass is 266 g/mol. The van der Waals surface area contributed by atoms with Crippen LogP contribution in [0.25, 0.3) is 0 Å². The number of hydrogen-bond donors (Lipinski definition) is 2. The minimum Gasteiger partial charge on any atom is -0.390 e. The van der Waals surface area contributed by atoms with E-state index >= 15 is 0 Å². The second-order valence-corrected chi connectivity index (χ2v) is 5.72. The molecule has 4 heteroatoms. The summed E-state index contributed by atoms with van der Waals surface area (Å²) in [7, 11) is 0. The van der Waals surface area contributed by atoms with Gasteiger partial charge in [0.15, 0.2) is 0 Å². The van der Waals surface area contributed by atoms with Crippen LogP contribution in [-0.4, -0.2) is 28.7 Å². The van der Waals surface area contributed by atoms with E-state index in [2.05, 4.69) is 4.90 Å². The SMILES string of the molecule is CC1(O)CCCN(Cc2cccc(CN)c2F)CC1. The van der Waals surface area contributed by atoms with E-state index in [-0.39, 0.29) is 12.4 Å². The first kappa shape index (κ1) is 14.4. The molecule has 2 rings (SSSR count). The molecule has 1 heterocycles. The van der Waals surface area contributed by atoms with Gasteiger partial charge in [-0.15, -0.1) is 0 Å². The van der Waals surface area contributed by atoms with Gasteiger partial charge in [-0.3, -0.25) is 4.90 Å². The Morgan fingerprint density at radius 2 is 2.05 bits per heavy atom. The van der Waals surface area contributed by atoms with Gasteiger partial charge in [-0.1, -0.05) is 18.2 Å². The van der Waals surface area contributed by atoms with Crippen LogP contribution in [0.4, 0.5) is 4.39 Å². The van der Waals surface area contributed by atoms with E-state index in [0.717, 1.165) is 32.4 Å². The summed E-state index contributed by atoms with van der Waals surface area (Å²) >= 11 is 0. The van der Waals surface area contributed by atoms with Crippen LogP contribution in [-0.2, 0) is 13.1 Å². The van der Waals surface area contributed by atoms with Crippen LogP contribution < -0.4 is 5.73 Å². The molecule has 0 amide bonds. The first-order valence-corrected chi connectivity index (χ1v) is 6.93. The Morgan fingerprint density at radius 1 is 1.32 bits per heavy atom. The fourth-order valence-corrected chi connectivity index (χ4v) is 2.63. The van der Waals surface area contributed by atoms with Crippen molar-refractivity contribution < 1.29 is 9.50 Å². The van der Waals surface area contributed by atoms with E-state index in [1.807, 2.05) is 19.1 Å². The van der Waals surface area contributed by atoms with Gasteiger partial charge in [-0.2, -0.15) is 0 Å². The first-order chi connectivity index (χ1) is 9.02. The molecule has 0 spiro atoms. The third-order valence-electron chi connectivity index (χ3n) is 3.93. The lowest BCUT2D eigenvalue weighted by Crippen LogP contribution is -2.28. The molecule has 1 saturated heterocycles. The molecule has 1 aromatic rings. The second-order valence-electron chi connectivity index (χ2n) is 5.72. The lowest BCUT2D eigenvalue weighted by atomic mass is 9.98. The lowest BCUT2D eigenvalue weighted by molar-refractivity contribution is 0.0444. The maximum absolute atomic E-state index is 14.1. The zero-order valence-corrected chi connectivity index (χ0v) is 11.5. The van der Waals surface area contributed by atoms with Crippen molar-refractivity contribution in [2.45, 2.75) is 44.9 Å². The fourth-order valence-electron chi connectivity index (χ4n) is 2.63. The molecule has 1 aromatic carbocycles. The topological polar surface area (TPSA) is 49.5 Å². The fraction of sp³-hybridized carbons (Fsp3) is 0.600. The quantitative estimate of drug-likeness (QED) is 0.880. The zero-order chi connectivity index (χ0) is 13.9. The Labute approximate surface area is 114 Å². The van der Waals surface area contributed by atoms with Crippen LogP contribution in [0.1, 0.15) is 37.3 Å². The van der Waals surface area contributed by atoms with Crippen molar-refractivity contribution >= 4 is 0 Å². The summed E-state index contributed by atoms with van der Waals surface area (Å²) in [5.74, 6) is -0.180. The first-order valence-electron chi connectivity index (χ1n) is 6.93. The van der Waals surface area contributed by atoms with Crippen molar-refractivity contribution in [1.29, 1.82) is 0 Å². The van der Waals surface area contributed by atoms with Gasteiger partial charge < -0.3 is 10.8 Å². The van der Waals surface area contributed by atoms with Crippen molar-refractivity contribution in [3.05, 3.63) is 35.1 Å². The van der Waals surface area contributed by atoms with Crippen LogP contribution in [0.5, 0.6) is 0 Å². The van der Waals surface area contributed by atoms with Crippen molar-refractivity contribution in [2.75, 3.05) is 13.1 Å². The van der Waals surface area contributed by atoms with Crippen LogP contribution in [0.15, 0.2) is 18.2 Å². The summed E-state index contributed by atoms with van der Waals surface area (Å²) in [5, 5.41) is 10.1. The Bertz CT molecular complexity index is 434. The molecular formula is C15H23FN2O. The standard InChI is InChI=1S/C15H23FN2O/c1-15(19)6-3-8-18(9-7-15)11-13-5-2-4-12(10-17)14(13)16/h2,4-5,19H,3,6-11,17H2,1H3. The van der Waals surface area contributed by atoms with Gasteiger partial charge >= 0.3 is 0 Å². The Morgan fingerprint density at radius 3 is 2.79 bits per heavy atom. The molecule has 0 bridgehead atoms. The lowest BCUT2D eigenvalue weighted by Gasteiger charge is -2.22. The van der Waals surface area contributed by atoms with Gasteiger partial charge in [-0.05, 0) is 32.7 Å². The van der Waals surface area contributed by atoms with E-state index in [9.17, 15) is 9.50 Å². The third kappa shape index (κ3) is 3.75. The van der Waals surface area contributed by atoms with Gasteiger partial charge in [0, 0.05) is 30.8 Å². The van der Waals surface area contributed by atoms with Gasteiger partial charge in [0.2, 0.25) is 0 Å². The number of nitrogens with zero attached hydrogens (tertiary/aromatic N) is 1. The third-order valence-corrected chi connectivity index (χ3v) is 3.93. The summed E-state index contributed by atoms with van der Waals surface area (Å²) in [6, 6.07) is 5.40. The summed E-state index contributed by atoms with van der Waals surface area (Å²) < 4.78 is 14.1. The highest BCUT2D eigenvalue weighted by Gasteiger charge is 2.25. The van der Waals surface area contributed by atoms with E-state index in [4.69, 9.17) is 5.73 Å². The molecule has 106 valence electrons. The number of benzene rings is 1. The smallest absolute Gasteiger partial charge is 0.132 e. The molecule has 0 aromatic heterocycles. The molecular weight excluding hydrogens is 243 g/mol. The van der Waals surface area contributed by atoms with Crippen LogP contribution in [0.3, 0.4) is 0 Å². The highest BCUT2D eigenvalue weighted by atomic mass is 19.1. The number of likely N-dealkylation sites (tertiary alicyclic amines) is 1. The number of hydrogen-bond acceptors (Lipinski definition) is 3. The predicted octanol–water partition coefficient (Wildman–Crippen LogP) is 2.02. The van der Waals surface area contributed by atoms with Gasteiger partial charge in [0.25, 0.3) is 0 Å². The van der Waals surface area contributed by atoms with Gasteiger partial charge in [0.05, 0.1) is 5.60 Å². The molecule has 19 heavy (non-hydrogen) atoms. The van der Waals surface area contributed by atoms with E-state index in [1.54, 1.807) is 6.07 Å². The normalized spacial score (nSPS) is 25.3. The predicted molar refractivity (Wildman–Crippen MR) is 74.0 cm³/mol. The molecule has 1 unspecified atom stereocenters. The van der Waals surface area contributed by atoms with Crippen molar-refractivity contribution in [3.8, 4) is 0 Å². The average molecular weight is 266 g/mol. The number of halogens is 1. The highest BCUT2D eigenvalue weighted by Crippen LogP contribution is 2.23. The van der Waals surface area contributed by atoms with Crippen molar-refractivity contribution in [1.82, 2.24) is 4.90 Å². The number of nitrogens with two attached hydrogens (primary N) is 1. The average Bonchev–Trinajstić information content (AvgIpc) is 2.54. The summed E-state index contributed by atoms with van der Waals surface area (Å²) in [6.45, 7) is 4.41. The Kier molecular flexibility index (Phi) is 4.55. The summed E-state index contributed by atoms with van der Waals surface area (Å²) in [6.07, 6.45) is 2.51. The van der Waals surface area contributed by atoms with E-state index < -0.39 is 5.60 Å². The van der Waals surface area contributed by atoms with Gasteiger partial charge in [-0.25, -0.2) is 4.39 Å². The zero-order valence-electron chi connectivity index (χ0n) is 11.5. The molecule has 3 N–H and O–H groups in total. The largest absolute Gasteiger partial charge is 0.390 e. The second kappa shape index (κ2) is 5.99. The molecule has 1 aliphatic heterocycles. The number of aliphatic hydroxyl groups is 1. The molecule has 0 saturated carbocycles. The molecule has 1 atom stereocenters. The van der Waals surface area contributed by atoms with Crippen LogP contribution in [0.2, 0.25) is 0 Å². The highest BCUT2D eigenvalue weighted by molar-refractivity contribution is 5.25. The number of rotatable bonds is 3. The molecule has 1 aliphatic rings. The molecule has 0 radical (unpaired) electrons. The van der Waals surface area contributed by atoms with Crippen molar-refractivity contribution in [3.63, 3.8) is 0 Å². The minimum atomic E-state index is -0.577. The van der Waals surface area contributed by atoms with Crippen LogP contribution in [0, 0.1) is 5.82 Å². The van der Waals surface area contributed by atoms with E-state index in [1.165, 1.54) is 0 Å². The maximum atomic E-state index is 14.1.